The number of aliphatic hydroxyl groups is 1. The summed E-state index contributed by atoms with van der Waals surface area (Å²) in [6, 6.07) is 1.03. The lowest BCUT2D eigenvalue weighted by atomic mass is 10.0. The van der Waals surface area contributed by atoms with E-state index in [2.05, 4.69) is 12.2 Å². The molecular weight excluding hydrogens is 178 g/mol. The molecule has 0 radical (unpaired) electrons. The normalized spacial score (nSPS) is 43.3. The van der Waals surface area contributed by atoms with Crippen molar-refractivity contribution in [3.05, 3.63) is 0 Å². The average molecular weight is 199 g/mol. The Morgan fingerprint density at radius 2 is 2.14 bits per heavy atom. The van der Waals surface area contributed by atoms with Gasteiger partial charge in [-0.15, -0.1) is 0 Å². The van der Waals surface area contributed by atoms with Gasteiger partial charge in [0.15, 0.2) is 0 Å². The lowest BCUT2D eigenvalue weighted by molar-refractivity contribution is 0.107. The van der Waals surface area contributed by atoms with Crippen molar-refractivity contribution in [2.24, 2.45) is 5.92 Å². The van der Waals surface area contributed by atoms with Gasteiger partial charge in [-0.25, -0.2) is 0 Å². The molecule has 0 amide bonds. The van der Waals surface area contributed by atoms with Crippen molar-refractivity contribution in [3.8, 4) is 0 Å². The van der Waals surface area contributed by atoms with E-state index >= 15 is 0 Å². The lowest BCUT2D eigenvalue weighted by Gasteiger charge is -2.25. The Balaban J connectivity index is 1.83. The van der Waals surface area contributed by atoms with Crippen LogP contribution in [0.1, 0.15) is 32.6 Å². The van der Waals surface area contributed by atoms with E-state index in [0.29, 0.717) is 30.7 Å². The highest BCUT2D eigenvalue weighted by Crippen LogP contribution is 2.27. The first-order chi connectivity index (χ1) is 6.81. The third kappa shape index (κ3) is 2.10. The van der Waals surface area contributed by atoms with Crippen LogP contribution in [0.3, 0.4) is 0 Å². The average Bonchev–Trinajstić information content (AvgIpc) is 2.77. The molecule has 0 aromatic heterocycles. The van der Waals surface area contributed by atoms with Gasteiger partial charge < -0.3 is 15.2 Å². The molecular formula is C11H21NO2. The number of ether oxygens (including phenoxy) is 1. The van der Waals surface area contributed by atoms with E-state index in [1.54, 1.807) is 0 Å². The molecule has 3 nitrogen and oxygen atoms in total. The first kappa shape index (κ1) is 10.4. The van der Waals surface area contributed by atoms with Gasteiger partial charge in [-0.05, 0) is 32.1 Å². The highest BCUT2D eigenvalue weighted by atomic mass is 16.5. The topological polar surface area (TPSA) is 41.5 Å². The molecule has 4 atom stereocenters. The zero-order valence-corrected chi connectivity index (χ0v) is 8.91. The van der Waals surface area contributed by atoms with Crippen molar-refractivity contribution in [3.63, 3.8) is 0 Å². The molecule has 3 heteroatoms. The van der Waals surface area contributed by atoms with E-state index in [4.69, 9.17) is 4.74 Å². The maximum Gasteiger partial charge on any atom is 0.0700 e. The molecule has 2 fully saturated rings. The summed E-state index contributed by atoms with van der Waals surface area (Å²) in [7, 11) is 0. The quantitative estimate of drug-likeness (QED) is 0.710. The highest BCUT2D eigenvalue weighted by molar-refractivity contribution is 4.89. The van der Waals surface area contributed by atoms with Gasteiger partial charge >= 0.3 is 0 Å². The predicted molar refractivity (Wildman–Crippen MR) is 55.2 cm³/mol. The van der Waals surface area contributed by atoms with Gasteiger partial charge in [0, 0.05) is 25.3 Å². The number of rotatable bonds is 3. The minimum absolute atomic E-state index is 0.333. The van der Waals surface area contributed by atoms with Crippen molar-refractivity contribution in [1.29, 1.82) is 0 Å². The summed E-state index contributed by atoms with van der Waals surface area (Å²) in [5, 5.41) is 12.8. The van der Waals surface area contributed by atoms with Crippen LogP contribution in [0.4, 0.5) is 0 Å². The van der Waals surface area contributed by atoms with E-state index < -0.39 is 0 Å². The zero-order valence-electron chi connectivity index (χ0n) is 8.91. The summed E-state index contributed by atoms with van der Waals surface area (Å²) in [6.07, 6.45) is 5.11. The summed E-state index contributed by atoms with van der Waals surface area (Å²) in [4.78, 5) is 0. The van der Waals surface area contributed by atoms with Crippen molar-refractivity contribution >= 4 is 0 Å². The second kappa shape index (κ2) is 4.60. The molecule has 0 bridgehead atoms. The zero-order chi connectivity index (χ0) is 9.97. The maximum absolute atomic E-state index is 9.21. The first-order valence-corrected chi connectivity index (χ1v) is 5.79. The largest absolute Gasteiger partial charge is 0.396 e. The minimum Gasteiger partial charge on any atom is -0.396 e. The Kier molecular flexibility index (Phi) is 3.42. The molecule has 2 aliphatic rings. The van der Waals surface area contributed by atoms with Crippen molar-refractivity contribution in [2.45, 2.75) is 50.8 Å². The number of hydrogen-bond acceptors (Lipinski definition) is 3. The van der Waals surface area contributed by atoms with Crippen LogP contribution in [0, 0.1) is 5.92 Å². The van der Waals surface area contributed by atoms with E-state index in [9.17, 15) is 5.11 Å². The Bertz CT molecular complexity index is 186. The second-order valence-electron chi connectivity index (χ2n) is 4.62. The molecule has 2 unspecified atom stereocenters. The molecule has 0 spiro atoms. The fraction of sp³-hybridized carbons (Fsp3) is 1.00. The Hall–Kier alpha value is -0.120. The van der Waals surface area contributed by atoms with E-state index in [1.165, 1.54) is 19.3 Å². The van der Waals surface area contributed by atoms with Crippen LogP contribution in [-0.2, 0) is 4.74 Å². The molecule has 0 aromatic rings. The summed E-state index contributed by atoms with van der Waals surface area (Å²) >= 11 is 0. The summed E-state index contributed by atoms with van der Waals surface area (Å²) < 4.78 is 5.52. The van der Waals surface area contributed by atoms with Gasteiger partial charge in [-0.2, -0.15) is 0 Å². The van der Waals surface area contributed by atoms with E-state index in [-0.39, 0.29) is 0 Å². The molecule has 14 heavy (non-hydrogen) atoms. The second-order valence-corrected chi connectivity index (χ2v) is 4.62. The van der Waals surface area contributed by atoms with Crippen LogP contribution in [-0.4, -0.2) is 36.5 Å². The van der Waals surface area contributed by atoms with Crippen molar-refractivity contribution in [2.75, 3.05) is 13.2 Å². The Morgan fingerprint density at radius 3 is 2.79 bits per heavy atom. The van der Waals surface area contributed by atoms with Crippen molar-refractivity contribution < 1.29 is 9.84 Å². The Morgan fingerprint density at radius 1 is 1.29 bits per heavy atom. The van der Waals surface area contributed by atoms with Gasteiger partial charge in [0.05, 0.1) is 6.10 Å². The van der Waals surface area contributed by atoms with Crippen LogP contribution in [0.15, 0.2) is 0 Å². The molecule has 1 aliphatic heterocycles. The molecule has 1 saturated heterocycles. The van der Waals surface area contributed by atoms with E-state index in [0.717, 1.165) is 13.0 Å². The standard InChI is InChI=1S/C11H21NO2/c1-8-10(5-6-14-8)12-11-4-2-3-9(11)7-13/h8-13H,2-7H2,1H3/t8?,9-,10?,11-/m1/s1. The molecule has 0 aromatic carbocycles. The minimum atomic E-state index is 0.333. The third-order valence-corrected chi connectivity index (χ3v) is 3.70. The SMILES string of the molecule is CC1OCCC1N[C@@H]1CCC[C@@H]1CO. The van der Waals surface area contributed by atoms with Gasteiger partial charge in [0.25, 0.3) is 0 Å². The van der Waals surface area contributed by atoms with Crippen LogP contribution in [0.25, 0.3) is 0 Å². The van der Waals surface area contributed by atoms with Crippen LogP contribution < -0.4 is 5.32 Å². The molecule has 2 N–H and O–H groups in total. The van der Waals surface area contributed by atoms with Crippen molar-refractivity contribution in [1.82, 2.24) is 5.32 Å². The molecule has 1 saturated carbocycles. The number of nitrogens with one attached hydrogen (secondary N) is 1. The maximum atomic E-state index is 9.21. The first-order valence-electron chi connectivity index (χ1n) is 5.79. The number of aliphatic hydroxyl groups excluding tert-OH is 1. The molecule has 82 valence electrons. The van der Waals surface area contributed by atoms with Gasteiger partial charge in [0.1, 0.15) is 0 Å². The number of hydrogen-bond donors (Lipinski definition) is 2. The van der Waals surface area contributed by atoms with Crippen LogP contribution in [0.5, 0.6) is 0 Å². The van der Waals surface area contributed by atoms with Crippen LogP contribution in [0.2, 0.25) is 0 Å². The van der Waals surface area contributed by atoms with E-state index in [1.807, 2.05) is 0 Å². The summed E-state index contributed by atoms with van der Waals surface area (Å²) in [5.41, 5.74) is 0. The molecule has 1 heterocycles. The lowest BCUT2D eigenvalue weighted by Crippen LogP contribution is -2.44. The summed E-state index contributed by atoms with van der Waals surface area (Å²) in [5.74, 6) is 0.475. The Labute approximate surface area is 85.8 Å². The van der Waals surface area contributed by atoms with Gasteiger partial charge in [0.2, 0.25) is 0 Å². The molecule has 2 rings (SSSR count). The fourth-order valence-corrected chi connectivity index (χ4v) is 2.70. The van der Waals surface area contributed by atoms with Gasteiger partial charge in [-0.3, -0.25) is 0 Å². The third-order valence-electron chi connectivity index (χ3n) is 3.70. The summed E-state index contributed by atoms with van der Waals surface area (Å²) in [6.45, 7) is 3.35. The van der Waals surface area contributed by atoms with Crippen LogP contribution >= 0.6 is 0 Å². The predicted octanol–water partition coefficient (Wildman–Crippen LogP) is 0.914. The smallest absolute Gasteiger partial charge is 0.0700 e. The monoisotopic (exact) mass is 199 g/mol. The highest BCUT2D eigenvalue weighted by Gasteiger charge is 2.32. The molecule has 1 aliphatic carbocycles. The fourth-order valence-electron chi connectivity index (χ4n) is 2.70. The van der Waals surface area contributed by atoms with Gasteiger partial charge in [-0.1, -0.05) is 6.42 Å².